The average Bonchev–Trinajstić information content (AvgIpc) is 3.05. The lowest BCUT2D eigenvalue weighted by Gasteiger charge is -2.14. The van der Waals surface area contributed by atoms with Crippen molar-refractivity contribution in [2.45, 2.75) is 45.8 Å². The lowest BCUT2D eigenvalue weighted by molar-refractivity contribution is 0.305. The standard InChI is InChI=1S/C15H21BrO2/c1-4-7-17-14-6-5-13(16)9-12(14)8-10(2)15-11(3)18-15/h5-6,9-11,15H,4,7-8H2,1-3H3. The van der Waals surface area contributed by atoms with Gasteiger partial charge in [-0.2, -0.15) is 0 Å². The molecule has 1 aliphatic rings. The SMILES string of the molecule is CCCOc1ccc(Br)cc1CC(C)C1OC1C. The summed E-state index contributed by atoms with van der Waals surface area (Å²) in [6.45, 7) is 7.29. The van der Waals surface area contributed by atoms with E-state index in [4.69, 9.17) is 9.47 Å². The van der Waals surface area contributed by atoms with Gasteiger partial charge in [0, 0.05) is 4.47 Å². The van der Waals surface area contributed by atoms with E-state index in [0.717, 1.165) is 29.7 Å². The quantitative estimate of drug-likeness (QED) is 0.734. The summed E-state index contributed by atoms with van der Waals surface area (Å²) in [6.07, 6.45) is 2.89. The zero-order valence-electron chi connectivity index (χ0n) is 11.3. The summed E-state index contributed by atoms with van der Waals surface area (Å²) < 4.78 is 12.5. The van der Waals surface area contributed by atoms with Crippen LogP contribution in [0.3, 0.4) is 0 Å². The van der Waals surface area contributed by atoms with Gasteiger partial charge in [-0.1, -0.05) is 29.8 Å². The van der Waals surface area contributed by atoms with Crippen LogP contribution < -0.4 is 4.74 Å². The Balaban J connectivity index is 2.06. The number of benzene rings is 1. The second-order valence-corrected chi connectivity index (χ2v) is 6.00. The summed E-state index contributed by atoms with van der Waals surface area (Å²) in [5, 5.41) is 0. The Morgan fingerprint density at radius 2 is 2.17 bits per heavy atom. The largest absolute Gasteiger partial charge is 0.493 e. The van der Waals surface area contributed by atoms with Crippen molar-refractivity contribution in [1.82, 2.24) is 0 Å². The smallest absolute Gasteiger partial charge is 0.122 e. The van der Waals surface area contributed by atoms with Gasteiger partial charge in [0.25, 0.3) is 0 Å². The van der Waals surface area contributed by atoms with Crippen LogP contribution in [0.25, 0.3) is 0 Å². The Hall–Kier alpha value is -0.540. The lowest BCUT2D eigenvalue weighted by Crippen LogP contribution is -2.10. The maximum atomic E-state index is 5.81. The minimum absolute atomic E-state index is 0.419. The first-order valence-corrected chi connectivity index (χ1v) is 7.47. The van der Waals surface area contributed by atoms with Crippen LogP contribution in [0.15, 0.2) is 22.7 Å². The normalized spacial score (nSPS) is 23.8. The van der Waals surface area contributed by atoms with Crippen molar-refractivity contribution in [1.29, 1.82) is 0 Å². The molecule has 18 heavy (non-hydrogen) atoms. The number of hydrogen-bond donors (Lipinski definition) is 0. The van der Waals surface area contributed by atoms with Crippen molar-refractivity contribution in [3.63, 3.8) is 0 Å². The number of epoxide rings is 1. The van der Waals surface area contributed by atoms with Crippen LogP contribution in [0.2, 0.25) is 0 Å². The zero-order chi connectivity index (χ0) is 13.1. The molecule has 1 aromatic carbocycles. The molecule has 0 radical (unpaired) electrons. The number of hydrogen-bond acceptors (Lipinski definition) is 2. The molecular weight excluding hydrogens is 292 g/mol. The topological polar surface area (TPSA) is 21.8 Å². The van der Waals surface area contributed by atoms with E-state index in [2.05, 4.69) is 48.8 Å². The molecule has 2 rings (SSSR count). The monoisotopic (exact) mass is 312 g/mol. The van der Waals surface area contributed by atoms with Gasteiger partial charge in [0.2, 0.25) is 0 Å². The minimum atomic E-state index is 0.419. The van der Waals surface area contributed by atoms with Crippen LogP contribution in [-0.4, -0.2) is 18.8 Å². The van der Waals surface area contributed by atoms with Crippen LogP contribution in [-0.2, 0) is 11.2 Å². The third kappa shape index (κ3) is 3.48. The molecule has 0 spiro atoms. The molecule has 100 valence electrons. The molecule has 3 unspecified atom stereocenters. The highest BCUT2D eigenvalue weighted by Crippen LogP contribution is 2.33. The van der Waals surface area contributed by atoms with Gasteiger partial charge in [-0.15, -0.1) is 0 Å². The number of halogens is 1. The molecule has 2 nitrogen and oxygen atoms in total. The van der Waals surface area contributed by atoms with E-state index in [9.17, 15) is 0 Å². The first-order chi connectivity index (χ1) is 8.61. The Bertz CT molecular complexity index is 405. The van der Waals surface area contributed by atoms with Gasteiger partial charge in [-0.3, -0.25) is 0 Å². The third-order valence-corrected chi connectivity index (χ3v) is 3.84. The van der Waals surface area contributed by atoms with Crippen LogP contribution in [0.4, 0.5) is 0 Å². The number of ether oxygens (including phenoxy) is 2. The van der Waals surface area contributed by atoms with E-state index in [-0.39, 0.29) is 0 Å². The first-order valence-electron chi connectivity index (χ1n) is 6.68. The summed E-state index contributed by atoms with van der Waals surface area (Å²) in [5.74, 6) is 1.55. The van der Waals surface area contributed by atoms with Crippen molar-refractivity contribution in [3.8, 4) is 5.75 Å². The highest BCUT2D eigenvalue weighted by atomic mass is 79.9. The van der Waals surface area contributed by atoms with E-state index >= 15 is 0 Å². The zero-order valence-corrected chi connectivity index (χ0v) is 12.9. The van der Waals surface area contributed by atoms with Gasteiger partial charge in [-0.25, -0.2) is 0 Å². The van der Waals surface area contributed by atoms with Gasteiger partial charge >= 0.3 is 0 Å². The van der Waals surface area contributed by atoms with Gasteiger partial charge in [-0.05, 0) is 49.4 Å². The Morgan fingerprint density at radius 3 is 2.78 bits per heavy atom. The molecule has 1 heterocycles. The van der Waals surface area contributed by atoms with Crippen molar-refractivity contribution in [2.24, 2.45) is 5.92 Å². The minimum Gasteiger partial charge on any atom is -0.493 e. The Morgan fingerprint density at radius 1 is 1.44 bits per heavy atom. The second kappa shape index (κ2) is 6.07. The molecule has 0 aliphatic carbocycles. The van der Waals surface area contributed by atoms with Crippen LogP contribution in [0.1, 0.15) is 32.8 Å². The summed E-state index contributed by atoms with van der Waals surface area (Å²) in [5.41, 5.74) is 1.27. The van der Waals surface area contributed by atoms with E-state index in [1.54, 1.807) is 0 Å². The number of rotatable bonds is 6. The summed E-state index contributed by atoms with van der Waals surface area (Å²) in [4.78, 5) is 0. The van der Waals surface area contributed by atoms with Gasteiger partial charge in [0.05, 0.1) is 18.8 Å². The molecule has 0 amide bonds. The van der Waals surface area contributed by atoms with E-state index in [0.29, 0.717) is 18.1 Å². The molecule has 1 saturated heterocycles. The molecule has 0 N–H and O–H groups in total. The van der Waals surface area contributed by atoms with Gasteiger partial charge in [0.15, 0.2) is 0 Å². The highest BCUT2D eigenvalue weighted by molar-refractivity contribution is 9.10. The molecule has 3 heteroatoms. The van der Waals surface area contributed by atoms with Gasteiger partial charge < -0.3 is 9.47 Å². The Kier molecular flexibility index (Phi) is 4.68. The van der Waals surface area contributed by atoms with Gasteiger partial charge in [0.1, 0.15) is 5.75 Å². The first kappa shape index (κ1) is 13.9. The average molecular weight is 313 g/mol. The summed E-state index contributed by atoms with van der Waals surface area (Å²) in [7, 11) is 0. The fraction of sp³-hybridized carbons (Fsp3) is 0.600. The van der Waals surface area contributed by atoms with Crippen molar-refractivity contribution in [3.05, 3.63) is 28.2 Å². The molecule has 1 fully saturated rings. The van der Waals surface area contributed by atoms with Crippen LogP contribution in [0, 0.1) is 5.92 Å². The maximum Gasteiger partial charge on any atom is 0.122 e. The predicted octanol–water partition coefficient (Wildman–Crippen LogP) is 4.20. The summed E-state index contributed by atoms with van der Waals surface area (Å²) >= 11 is 3.53. The van der Waals surface area contributed by atoms with Crippen molar-refractivity contribution >= 4 is 15.9 Å². The molecule has 1 aromatic rings. The van der Waals surface area contributed by atoms with E-state index in [1.165, 1.54) is 5.56 Å². The van der Waals surface area contributed by atoms with E-state index < -0.39 is 0 Å². The maximum absolute atomic E-state index is 5.81. The summed E-state index contributed by atoms with van der Waals surface area (Å²) in [6, 6.07) is 6.25. The molecule has 0 saturated carbocycles. The molecule has 3 atom stereocenters. The molecule has 0 bridgehead atoms. The molecule has 1 aliphatic heterocycles. The predicted molar refractivity (Wildman–Crippen MR) is 77.1 cm³/mol. The van der Waals surface area contributed by atoms with Crippen molar-refractivity contribution < 1.29 is 9.47 Å². The molecule has 0 aromatic heterocycles. The van der Waals surface area contributed by atoms with Crippen LogP contribution >= 0.6 is 15.9 Å². The Labute approximate surface area is 118 Å². The van der Waals surface area contributed by atoms with Crippen molar-refractivity contribution in [2.75, 3.05) is 6.61 Å². The fourth-order valence-corrected chi connectivity index (χ4v) is 2.73. The highest BCUT2D eigenvalue weighted by Gasteiger charge is 2.38. The molecular formula is C15H21BrO2. The lowest BCUT2D eigenvalue weighted by atomic mass is 9.96. The second-order valence-electron chi connectivity index (χ2n) is 5.09. The van der Waals surface area contributed by atoms with E-state index in [1.807, 2.05) is 6.07 Å². The third-order valence-electron chi connectivity index (χ3n) is 3.34. The van der Waals surface area contributed by atoms with Crippen LogP contribution in [0.5, 0.6) is 5.75 Å². The fourth-order valence-electron chi connectivity index (χ4n) is 2.32.